The van der Waals surface area contributed by atoms with Gasteiger partial charge in [0.15, 0.2) is 0 Å². The molecule has 3 heterocycles. The Morgan fingerprint density at radius 3 is 2.78 bits per heavy atom. The first-order chi connectivity index (χ1) is 11.1. The highest BCUT2D eigenvalue weighted by Crippen LogP contribution is 2.22. The molecule has 0 aliphatic rings. The maximum absolute atomic E-state index is 12.8. The summed E-state index contributed by atoms with van der Waals surface area (Å²) in [5, 5.41) is 4.09. The summed E-state index contributed by atoms with van der Waals surface area (Å²) in [6, 6.07) is 10.5. The number of fused-ring (bicyclic) bond motifs is 1. The van der Waals surface area contributed by atoms with E-state index in [1.54, 1.807) is 35.1 Å². The lowest BCUT2D eigenvalue weighted by Gasteiger charge is -2.17. The highest BCUT2D eigenvalue weighted by Gasteiger charge is 2.24. The summed E-state index contributed by atoms with van der Waals surface area (Å²) >= 11 is 0. The van der Waals surface area contributed by atoms with Crippen LogP contribution < -0.4 is 4.72 Å². The molecule has 0 saturated carbocycles. The fourth-order valence-corrected chi connectivity index (χ4v) is 3.87. The van der Waals surface area contributed by atoms with Crippen molar-refractivity contribution in [3.8, 4) is 0 Å². The largest absolute Gasteiger partial charge is 0.260 e. The average Bonchev–Trinajstić information content (AvgIpc) is 3.00. The Balaban J connectivity index is 1.95. The number of rotatable bonds is 6. The number of hydrogen-bond donors (Lipinski definition) is 1. The zero-order valence-corrected chi connectivity index (χ0v) is 13.6. The number of hydrogen-bond acceptors (Lipinski definition) is 4. The number of nitrogens with zero attached hydrogens (tertiary/aromatic N) is 3. The number of sulfonamides is 1. The number of nitrogens with one attached hydrogen (secondary N) is 1. The molecule has 0 aliphatic carbocycles. The van der Waals surface area contributed by atoms with Gasteiger partial charge in [0.1, 0.15) is 4.90 Å². The maximum atomic E-state index is 12.8. The minimum atomic E-state index is -3.69. The highest BCUT2D eigenvalue weighted by molar-refractivity contribution is 7.89. The predicted molar refractivity (Wildman–Crippen MR) is 87.4 cm³/mol. The minimum Gasteiger partial charge on any atom is -0.260 e. The Labute approximate surface area is 135 Å². The van der Waals surface area contributed by atoms with Crippen molar-refractivity contribution >= 4 is 15.5 Å². The Bertz CT molecular complexity index is 891. The molecule has 0 aliphatic heterocycles. The molecule has 0 amide bonds. The molecule has 7 heteroatoms. The van der Waals surface area contributed by atoms with Crippen molar-refractivity contribution in [2.24, 2.45) is 0 Å². The van der Waals surface area contributed by atoms with Gasteiger partial charge in [-0.2, -0.15) is 5.10 Å². The topological polar surface area (TPSA) is 76.4 Å². The van der Waals surface area contributed by atoms with Gasteiger partial charge in [0.2, 0.25) is 10.0 Å². The van der Waals surface area contributed by atoms with E-state index in [1.807, 2.05) is 25.1 Å². The van der Waals surface area contributed by atoms with Crippen molar-refractivity contribution in [3.63, 3.8) is 0 Å². The number of aromatic nitrogens is 3. The molecule has 0 bridgehead atoms. The normalized spacial score (nSPS) is 13.3. The van der Waals surface area contributed by atoms with Crippen molar-refractivity contribution in [1.29, 1.82) is 0 Å². The van der Waals surface area contributed by atoms with E-state index in [4.69, 9.17) is 0 Å². The summed E-state index contributed by atoms with van der Waals surface area (Å²) in [6.45, 7) is 2.01. The summed E-state index contributed by atoms with van der Waals surface area (Å²) in [6.07, 6.45) is 6.28. The zero-order chi connectivity index (χ0) is 16.3. The van der Waals surface area contributed by atoms with Crippen molar-refractivity contribution in [3.05, 3.63) is 60.7 Å². The van der Waals surface area contributed by atoms with Crippen molar-refractivity contribution in [2.75, 3.05) is 0 Å². The third-order valence-electron chi connectivity index (χ3n) is 3.60. The van der Waals surface area contributed by atoms with Crippen LogP contribution in [0.25, 0.3) is 5.52 Å². The van der Waals surface area contributed by atoms with Gasteiger partial charge < -0.3 is 0 Å². The molecule has 120 valence electrons. The van der Waals surface area contributed by atoms with E-state index < -0.39 is 10.0 Å². The summed E-state index contributed by atoms with van der Waals surface area (Å²) in [5.74, 6) is 0. The average molecular weight is 330 g/mol. The Kier molecular flexibility index (Phi) is 4.40. The van der Waals surface area contributed by atoms with Gasteiger partial charge in [-0.05, 0) is 30.7 Å². The summed E-state index contributed by atoms with van der Waals surface area (Å²) in [7, 11) is -3.69. The van der Waals surface area contributed by atoms with Gasteiger partial charge >= 0.3 is 0 Å². The van der Waals surface area contributed by atoms with Crippen molar-refractivity contribution in [2.45, 2.75) is 30.7 Å². The predicted octanol–water partition coefficient (Wildman–Crippen LogP) is 2.55. The van der Waals surface area contributed by atoms with Crippen LogP contribution in [0.2, 0.25) is 0 Å². The molecule has 3 rings (SSSR count). The lowest BCUT2D eigenvalue weighted by molar-refractivity contribution is 0.529. The molecule has 3 aromatic heterocycles. The quantitative estimate of drug-likeness (QED) is 0.753. The molecule has 6 nitrogen and oxygen atoms in total. The summed E-state index contributed by atoms with van der Waals surface area (Å²) in [4.78, 5) is 4.45. The van der Waals surface area contributed by atoms with E-state index in [9.17, 15) is 8.42 Å². The molecule has 0 fully saturated rings. The third-order valence-corrected chi connectivity index (χ3v) is 5.09. The molecule has 1 unspecified atom stereocenters. The van der Waals surface area contributed by atoms with Crippen LogP contribution >= 0.6 is 0 Å². The van der Waals surface area contributed by atoms with E-state index in [-0.39, 0.29) is 10.9 Å². The van der Waals surface area contributed by atoms with Crippen LogP contribution in [0.15, 0.2) is 59.9 Å². The second-order valence-electron chi connectivity index (χ2n) is 5.26. The first-order valence-electron chi connectivity index (χ1n) is 7.47. The molecule has 1 N–H and O–H groups in total. The molecule has 0 aromatic carbocycles. The summed E-state index contributed by atoms with van der Waals surface area (Å²) < 4.78 is 29.9. The molecule has 0 saturated heterocycles. The van der Waals surface area contributed by atoms with E-state index in [0.29, 0.717) is 11.9 Å². The van der Waals surface area contributed by atoms with Crippen LogP contribution in [0.3, 0.4) is 0 Å². The van der Waals surface area contributed by atoms with Gasteiger partial charge in [-0.1, -0.05) is 25.5 Å². The van der Waals surface area contributed by atoms with Crippen LogP contribution in [-0.2, 0) is 10.0 Å². The highest BCUT2D eigenvalue weighted by atomic mass is 32.2. The Morgan fingerprint density at radius 2 is 2.04 bits per heavy atom. The lowest BCUT2D eigenvalue weighted by Crippen LogP contribution is -2.29. The van der Waals surface area contributed by atoms with Crippen molar-refractivity contribution in [1.82, 2.24) is 19.3 Å². The van der Waals surface area contributed by atoms with Gasteiger partial charge in [-0.3, -0.25) is 4.98 Å². The second-order valence-corrected chi connectivity index (χ2v) is 6.94. The van der Waals surface area contributed by atoms with Gasteiger partial charge in [-0.15, -0.1) is 0 Å². The first kappa shape index (κ1) is 15.6. The van der Waals surface area contributed by atoms with Gasteiger partial charge in [0.25, 0.3) is 0 Å². The van der Waals surface area contributed by atoms with Gasteiger partial charge in [-0.25, -0.2) is 17.7 Å². The van der Waals surface area contributed by atoms with Gasteiger partial charge in [0, 0.05) is 12.4 Å². The molecular weight excluding hydrogens is 312 g/mol. The van der Waals surface area contributed by atoms with Crippen molar-refractivity contribution < 1.29 is 8.42 Å². The molecule has 1 atom stereocenters. The van der Waals surface area contributed by atoms with Crippen LogP contribution in [0, 0.1) is 0 Å². The smallest absolute Gasteiger partial charge is 0.244 e. The van der Waals surface area contributed by atoms with E-state index in [1.165, 1.54) is 6.20 Å². The fraction of sp³-hybridized carbons (Fsp3) is 0.250. The maximum Gasteiger partial charge on any atom is 0.244 e. The number of pyridine rings is 2. The minimum absolute atomic E-state index is 0.176. The third kappa shape index (κ3) is 3.25. The van der Waals surface area contributed by atoms with E-state index in [0.717, 1.165) is 12.1 Å². The molecule has 3 aromatic rings. The fourth-order valence-electron chi connectivity index (χ4n) is 2.51. The van der Waals surface area contributed by atoms with Crippen LogP contribution in [-0.4, -0.2) is 23.0 Å². The molecule has 0 spiro atoms. The Hall–Kier alpha value is -2.25. The standard InChI is InChI=1S/C16H18N4O2S/c1-2-7-14(13-8-3-5-10-17-13)19-23(21,22)16-12-18-20-11-6-4-9-15(16)20/h3-6,8-12,14,19H,2,7H2,1H3. The van der Waals surface area contributed by atoms with Crippen LogP contribution in [0.5, 0.6) is 0 Å². The summed E-state index contributed by atoms with van der Waals surface area (Å²) in [5.41, 5.74) is 1.27. The van der Waals surface area contributed by atoms with E-state index in [2.05, 4.69) is 14.8 Å². The van der Waals surface area contributed by atoms with Crippen LogP contribution in [0.4, 0.5) is 0 Å². The SMILES string of the molecule is CCCC(NS(=O)(=O)c1cnn2ccccc12)c1ccccn1. The molecule has 23 heavy (non-hydrogen) atoms. The molecular formula is C16H18N4O2S. The monoisotopic (exact) mass is 330 g/mol. The molecule has 0 radical (unpaired) electrons. The van der Waals surface area contributed by atoms with E-state index >= 15 is 0 Å². The first-order valence-corrected chi connectivity index (χ1v) is 8.96. The lowest BCUT2D eigenvalue weighted by atomic mass is 10.1. The Morgan fingerprint density at radius 1 is 1.22 bits per heavy atom. The second kappa shape index (κ2) is 6.47. The zero-order valence-electron chi connectivity index (χ0n) is 12.8. The van der Waals surface area contributed by atoms with Crippen LogP contribution in [0.1, 0.15) is 31.5 Å². The van der Waals surface area contributed by atoms with Gasteiger partial charge in [0.05, 0.1) is 23.4 Å².